The van der Waals surface area contributed by atoms with E-state index in [1.807, 2.05) is 0 Å². The molecule has 5 nitrogen and oxygen atoms in total. The molecule has 0 amide bonds. The Morgan fingerprint density at radius 2 is 2.14 bits per heavy atom. The van der Waals surface area contributed by atoms with Crippen LogP contribution in [0.4, 0.5) is 5.69 Å². The normalized spacial score (nSPS) is 10.3. The molecule has 0 aliphatic heterocycles. The van der Waals surface area contributed by atoms with Crippen molar-refractivity contribution in [2.45, 2.75) is 26.9 Å². The molecule has 5 heteroatoms. The van der Waals surface area contributed by atoms with Crippen LogP contribution in [0.1, 0.15) is 19.5 Å². The van der Waals surface area contributed by atoms with Gasteiger partial charge in [0, 0.05) is 11.8 Å². The van der Waals surface area contributed by atoms with E-state index < -0.39 is 4.92 Å². The van der Waals surface area contributed by atoms with Crippen molar-refractivity contribution in [3.8, 4) is 5.88 Å². The summed E-state index contributed by atoms with van der Waals surface area (Å²) in [6, 6.07) is 2.99. The molecule has 0 saturated carbocycles. The Bertz CT molecular complexity index is 350. The van der Waals surface area contributed by atoms with E-state index in [1.165, 1.54) is 6.07 Å². The maximum atomic E-state index is 10.6. The van der Waals surface area contributed by atoms with E-state index in [-0.39, 0.29) is 17.7 Å². The lowest BCUT2D eigenvalue weighted by atomic mass is 10.3. The number of aryl methyl sites for hydroxylation is 1. The number of aromatic nitrogens is 1. The van der Waals surface area contributed by atoms with Gasteiger partial charge in [-0.25, -0.2) is 4.98 Å². The quantitative estimate of drug-likeness (QED) is 0.548. The molecule has 0 fully saturated rings. The van der Waals surface area contributed by atoms with Gasteiger partial charge in [-0.1, -0.05) is 0 Å². The predicted molar refractivity (Wildman–Crippen MR) is 51.4 cm³/mol. The Morgan fingerprint density at radius 1 is 1.50 bits per heavy atom. The van der Waals surface area contributed by atoms with E-state index in [2.05, 4.69) is 4.98 Å². The highest BCUT2D eigenvalue weighted by Crippen LogP contribution is 2.24. The van der Waals surface area contributed by atoms with Crippen LogP contribution in [0.25, 0.3) is 0 Å². The summed E-state index contributed by atoms with van der Waals surface area (Å²) in [6.45, 7) is 5.36. The number of nitrogens with zero attached hydrogens (tertiary/aromatic N) is 2. The minimum absolute atomic E-state index is 0.0880. The maximum absolute atomic E-state index is 10.6. The van der Waals surface area contributed by atoms with Gasteiger partial charge in [-0.15, -0.1) is 0 Å². The smallest absolute Gasteiger partial charge is 0.330 e. The van der Waals surface area contributed by atoms with Gasteiger partial charge in [-0.05, 0) is 26.8 Å². The Balaban J connectivity index is 3.09. The maximum Gasteiger partial charge on any atom is 0.330 e. The van der Waals surface area contributed by atoms with Crippen molar-refractivity contribution in [1.82, 2.24) is 4.98 Å². The molecule has 14 heavy (non-hydrogen) atoms. The number of nitro groups is 1. The highest BCUT2D eigenvalue weighted by molar-refractivity contribution is 5.41. The second kappa shape index (κ2) is 4.04. The molecule has 0 bridgehead atoms. The molecule has 0 atom stereocenters. The molecule has 0 aromatic carbocycles. The number of hydrogen-bond donors (Lipinski definition) is 0. The molecular formula is C9H12N2O3. The zero-order valence-electron chi connectivity index (χ0n) is 8.35. The fourth-order valence-electron chi connectivity index (χ4n) is 0.974. The number of rotatable bonds is 3. The van der Waals surface area contributed by atoms with Gasteiger partial charge in [-0.2, -0.15) is 0 Å². The number of pyridine rings is 1. The first-order valence-electron chi connectivity index (χ1n) is 4.29. The van der Waals surface area contributed by atoms with Gasteiger partial charge in [0.05, 0.1) is 11.0 Å². The van der Waals surface area contributed by atoms with Gasteiger partial charge in [0.15, 0.2) is 0 Å². The van der Waals surface area contributed by atoms with Gasteiger partial charge in [0.2, 0.25) is 0 Å². The molecular weight excluding hydrogens is 184 g/mol. The molecule has 1 aromatic rings. The van der Waals surface area contributed by atoms with Gasteiger partial charge in [0.1, 0.15) is 0 Å². The third kappa shape index (κ3) is 2.42. The highest BCUT2D eigenvalue weighted by atomic mass is 16.6. The van der Waals surface area contributed by atoms with Crippen LogP contribution < -0.4 is 4.74 Å². The summed E-state index contributed by atoms with van der Waals surface area (Å²) in [6.07, 6.45) is -0.122. The molecule has 0 unspecified atom stereocenters. The minimum atomic E-state index is -0.496. The van der Waals surface area contributed by atoms with Crippen molar-refractivity contribution < 1.29 is 9.66 Å². The minimum Gasteiger partial charge on any atom is -0.470 e. The molecule has 0 saturated heterocycles. The van der Waals surface area contributed by atoms with E-state index in [4.69, 9.17) is 4.74 Å². The molecule has 76 valence electrons. The first-order valence-corrected chi connectivity index (χ1v) is 4.29. The Hall–Kier alpha value is -1.65. The van der Waals surface area contributed by atoms with E-state index in [0.717, 1.165) is 0 Å². The van der Waals surface area contributed by atoms with Crippen molar-refractivity contribution >= 4 is 5.69 Å². The van der Waals surface area contributed by atoms with Gasteiger partial charge in [-0.3, -0.25) is 10.1 Å². The van der Waals surface area contributed by atoms with Crippen LogP contribution >= 0.6 is 0 Å². The van der Waals surface area contributed by atoms with E-state index >= 15 is 0 Å². The van der Waals surface area contributed by atoms with Crippen molar-refractivity contribution in [2.75, 3.05) is 0 Å². The van der Waals surface area contributed by atoms with Crippen LogP contribution in [0, 0.1) is 17.0 Å². The standard InChI is InChI=1S/C9H12N2O3/c1-6(2)14-9-8(11(12)13)5-4-7(3)10-9/h4-6H,1-3H3. The molecule has 1 heterocycles. The van der Waals surface area contributed by atoms with Crippen LogP contribution in [-0.4, -0.2) is 16.0 Å². The number of hydrogen-bond acceptors (Lipinski definition) is 4. The summed E-state index contributed by atoms with van der Waals surface area (Å²) in [7, 11) is 0. The molecule has 0 spiro atoms. The van der Waals surface area contributed by atoms with Crippen LogP contribution in [0.2, 0.25) is 0 Å². The predicted octanol–water partition coefficient (Wildman–Crippen LogP) is 2.09. The third-order valence-corrected chi connectivity index (χ3v) is 1.52. The van der Waals surface area contributed by atoms with E-state index in [9.17, 15) is 10.1 Å². The molecule has 1 rings (SSSR count). The summed E-state index contributed by atoms with van der Waals surface area (Å²) >= 11 is 0. The van der Waals surface area contributed by atoms with Gasteiger partial charge >= 0.3 is 5.69 Å². The average Bonchev–Trinajstić information content (AvgIpc) is 2.01. The zero-order chi connectivity index (χ0) is 10.7. The molecule has 1 aromatic heterocycles. The third-order valence-electron chi connectivity index (χ3n) is 1.52. The first-order chi connectivity index (χ1) is 6.50. The largest absolute Gasteiger partial charge is 0.470 e. The van der Waals surface area contributed by atoms with Crippen LogP contribution in [-0.2, 0) is 0 Å². The second-order valence-corrected chi connectivity index (χ2v) is 3.20. The average molecular weight is 196 g/mol. The Labute approximate surface area is 81.9 Å². The topological polar surface area (TPSA) is 65.3 Å². The summed E-state index contributed by atoms with van der Waals surface area (Å²) in [5, 5.41) is 10.6. The summed E-state index contributed by atoms with van der Waals surface area (Å²) in [5.74, 6) is 0.0880. The van der Waals surface area contributed by atoms with Crippen molar-refractivity contribution in [1.29, 1.82) is 0 Å². The van der Waals surface area contributed by atoms with Gasteiger partial charge < -0.3 is 4.74 Å². The summed E-state index contributed by atoms with van der Waals surface area (Å²) < 4.78 is 5.23. The Morgan fingerprint density at radius 3 is 2.64 bits per heavy atom. The van der Waals surface area contributed by atoms with Crippen LogP contribution in [0.15, 0.2) is 12.1 Å². The number of ether oxygens (including phenoxy) is 1. The molecule has 0 N–H and O–H groups in total. The summed E-state index contributed by atoms with van der Waals surface area (Å²) in [4.78, 5) is 14.1. The monoisotopic (exact) mass is 196 g/mol. The van der Waals surface area contributed by atoms with E-state index in [0.29, 0.717) is 5.69 Å². The fourth-order valence-corrected chi connectivity index (χ4v) is 0.974. The lowest BCUT2D eigenvalue weighted by Gasteiger charge is -2.08. The highest BCUT2D eigenvalue weighted by Gasteiger charge is 2.17. The van der Waals surface area contributed by atoms with Crippen molar-refractivity contribution in [2.24, 2.45) is 0 Å². The van der Waals surface area contributed by atoms with Crippen molar-refractivity contribution in [3.05, 3.63) is 27.9 Å². The van der Waals surface area contributed by atoms with Crippen LogP contribution in [0.3, 0.4) is 0 Å². The summed E-state index contributed by atoms with van der Waals surface area (Å²) in [5.41, 5.74) is 0.607. The SMILES string of the molecule is Cc1ccc([N+](=O)[O-])c(OC(C)C)n1. The first kappa shape index (κ1) is 10.4. The Kier molecular flexibility index (Phi) is 3.01. The van der Waals surface area contributed by atoms with E-state index in [1.54, 1.807) is 26.8 Å². The van der Waals surface area contributed by atoms with Crippen molar-refractivity contribution in [3.63, 3.8) is 0 Å². The molecule has 0 aliphatic rings. The lowest BCUT2D eigenvalue weighted by Crippen LogP contribution is -2.09. The lowest BCUT2D eigenvalue weighted by molar-refractivity contribution is -0.386. The molecule has 0 radical (unpaired) electrons. The van der Waals surface area contributed by atoms with Gasteiger partial charge in [0.25, 0.3) is 5.88 Å². The molecule has 0 aliphatic carbocycles. The zero-order valence-corrected chi connectivity index (χ0v) is 8.35. The van der Waals surface area contributed by atoms with Crippen LogP contribution in [0.5, 0.6) is 5.88 Å². The second-order valence-electron chi connectivity index (χ2n) is 3.20. The fraction of sp³-hybridized carbons (Fsp3) is 0.444.